The molecule has 2 aromatic heterocycles. The Bertz CT molecular complexity index is 1540. The van der Waals surface area contributed by atoms with Crippen molar-refractivity contribution in [1.82, 2.24) is 25.3 Å². The van der Waals surface area contributed by atoms with Crippen LogP contribution in [0.5, 0.6) is 0 Å². The number of carboxylic acids is 2. The lowest BCUT2D eigenvalue weighted by Crippen LogP contribution is -2.50. The van der Waals surface area contributed by atoms with E-state index in [4.69, 9.17) is 67.8 Å². The highest BCUT2D eigenvalue weighted by Gasteiger charge is 2.28. The Morgan fingerprint density at radius 1 is 0.711 bits per heavy atom. The second-order valence-electron chi connectivity index (χ2n) is 8.77. The van der Waals surface area contributed by atoms with Gasteiger partial charge in [-0.05, 0) is 13.8 Å². The van der Waals surface area contributed by atoms with Gasteiger partial charge in [0.2, 0.25) is 0 Å². The van der Waals surface area contributed by atoms with Crippen LogP contribution in [0, 0.1) is 0 Å². The summed E-state index contributed by atoms with van der Waals surface area (Å²) < 4.78 is 0. The van der Waals surface area contributed by atoms with Gasteiger partial charge >= 0.3 is 23.8 Å². The zero-order valence-corrected chi connectivity index (χ0v) is 25.0. The van der Waals surface area contributed by atoms with Crippen LogP contribution in [-0.2, 0) is 14.4 Å². The van der Waals surface area contributed by atoms with E-state index in [1.54, 1.807) is 0 Å². The minimum absolute atomic E-state index is 0.0344. The van der Waals surface area contributed by atoms with Gasteiger partial charge in [-0.3, -0.25) is 29.3 Å². The number of hydrogen-bond acceptors (Lipinski definition) is 14. The topological polar surface area (TPSA) is 394 Å². The van der Waals surface area contributed by atoms with Crippen molar-refractivity contribution in [2.45, 2.75) is 19.4 Å². The second kappa shape index (κ2) is 16.3. The minimum atomic E-state index is -1.13. The predicted octanol–water partition coefficient (Wildman–Crippen LogP) is -2.82. The first-order chi connectivity index (χ1) is 20.7. The summed E-state index contributed by atoms with van der Waals surface area (Å²) in [6, 6.07) is 0. The third-order valence-corrected chi connectivity index (χ3v) is 5.36. The number of nitrogen functional groups attached to an aromatic ring is 2. The standard InChI is InChI=1S/C13H19ClN8O4.C8H10ClN7O3/c1-13(2,19-4-6(24)25)5(23)3-18-10-8(14)20-7(9(15)21-10)11(26)22-12(16)17;9-4-6(13-1-2(17)18)15-5(10)3(14-4)7(19)16-8(11)12/h19H,3-4H2,1-2H3,(H,24,25)(H3,15,18,21)(H4,16,17,22,26);1H2,(H,17,18)(H3,10,13,15)(H4,11,12,16,19). The molecule has 0 fully saturated rings. The lowest BCUT2D eigenvalue weighted by molar-refractivity contribution is -0.137. The molecule has 0 bridgehead atoms. The number of aliphatic carboxylic acids is 2. The first-order valence-corrected chi connectivity index (χ1v) is 12.6. The van der Waals surface area contributed by atoms with E-state index in [2.05, 4.69) is 45.9 Å². The summed E-state index contributed by atoms with van der Waals surface area (Å²) in [5.41, 5.74) is 29.6. The Hall–Kier alpha value is -5.61. The van der Waals surface area contributed by atoms with Crippen molar-refractivity contribution in [3.63, 3.8) is 0 Å². The summed E-state index contributed by atoms with van der Waals surface area (Å²) in [5, 5.41) is 24.3. The molecule has 0 unspecified atom stereocenters. The first-order valence-electron chi connectivity index (χ1n) is 11.9. The van der Waals surface area contributed by atoms with Crippen molar-refractivity contribution in [1.29, 1.82) is 0 Å². The van der Waals surface area contributed by atoms with Gasteiger partial charge in [-0.25, -0.2) is 19.9 Å². The van der Waals surface area contributed by atoms with Crippen molar-refractivity contribution >= 4 is 87.9 Å². The lowest BCUT2D eigenvalue weighted by Gasteiger charge is -2.24. The summed E-state index contributed by atoms with van der Waals surface area (Å²) in [6.07, 6.45) is 0. The molecule has 0 saturated heterocycles. The molecule has 0 atom stereocenters. The molecule has 0 spiro atoms. The number of hydrogen-bond donors (Lipinski definition) is 11. The van der Waals surface area contributed by atoms with Gasteiger partial charge in [-0.15, -0.1) is 0 Å². The van der Waals surface area contributed by atoms with Crippen LogP contribution in [0.3, 0.4) is 0 Å². The van der Waals surface area contributed by atoms with E-state index in [1.165, 1.54) is 13.8 Å². The number of aliphatic imine (C=N–C) groups is 2. The van der Waals surface area contributed by atoms with E-state index in [9.17, 15) is 24.0 Å². The van der Waals surface area contributed by atoms with Gasteiger partial charge < -0.3 is 55.2 Å². The Labute approximate surface area is 263 Å². The second-order valence-corrected chi connectivity index (χ2v) is 9.49. The number of ketones is 1. The predicted molar refractivity (Wildman–Crippen MR) is 163 cm³/mol. The number of Topliss-reactive ketones (excluding diaryl/α,β-unsaturated/α-hetero) is 1. The molecular weight excluding hydrogens is 645 g/mol. The number of rotatable bonds is 12. The number of nitrogens with zero attached hydrogens (tertiary/aromatic N) is 6. The molecule has 0 radical (unpaired) electrons. The number of nitrogens with two attached hydrogens (primary N) is 6. The van der Waals surface area contributed by atoms with Crippen LogP contribution in [0.25, 0.3) is 0 Å². The number of nitrogens with one attached hydrogen (secondary N) is 3. The van der Waals surface area contributed by atoms with Crippen LogP contribution in [0.1, 0.15) is 34.8 Å². The van der Waals surface area contributed by atoms with Crippen LogP contribution in [0.4, 0.5) is 23.3 Å². The van der Waals surface area contributed by atoms with E-state index in [1.807, 2.05) is 0 Å². The number of amides is 2. The quantitative estimate of drug-likeness (QED) is 0.0798. The zero-order valence-electron chi connectivity index (χ0n) is 23.5. The molecule has 2 heterocycles. The van der Waals surface area contributed by atoms with Crippen molar-refractivity contribution in [3.05, 3.63) is 21.7 Å². The number of guanidine groups is 2. The van der Waals surface area contributed by atoms with Crippen LogP contribution in [0.15, 0.2) is 9.98 Å². The number of anilines is 4. The molecule has 0 aliphatic rings. The largest absolute Gasteiger partial charge is 0.480 e. The monoisotopic (exact) mass is 673 g/mol. The number of aromatic nitrogens is 4. The highest BCUT2D eigenvalue weighted by molar-refractivity contribution is 6.32. The molecule has 22 nitrogen and oxygen atoms in total. The number of halogens is 2. The van der Waals surface area contributed by atoms with Crippen LogP contribution in [-0.4, -0.2) is 96.8 Å². The highest BCUT2D eigenvalue weighted by atomic mass is 35.5. The van der Waals surface area contributed by atoms with E-state index in [0.717, 1.165) is 0 Å². The molecule has 0 aliphatic carbocycles. The zero-order chi connectivity index (χ0) is 34.6. The van der Waals surface area contributed by atoms with Gasteiger partial charge in [0, 0.05) is 0 Å². The molecule has 244 valence electrons. The van der Waals surface area contributed by atoms with E-state index < -0.39 is 47.8 Å². The molecular formula is C21H29Cl2N15O7. The molecule has 24 heteroatoms. The van der Waals surface area contributed by atoms with Crippen molar-refractivity contribution in [2.24, 2.45) is 32.9 Å². The average Bonchev–Trinajstić information content (AvgIpc) is 2.91. The molecule has 45 heavy (non-hydrogen) atoms. The maximum atomic E-state index is 12.2. The van der Waals surface area contributed by atoms with Crippen molar-refractivity contribution in [3.8, 4) is 0 Å². The number of carboxylic acid groups (broad SMARTS) is 2. The maximum Gasteiger partial charge on any atom is 0.322 e. The molecule has 2 amide bonds. The fraction of sp³-hybridized carbons (Fsp3) is 0.286. The molecule has 2 aromatic rings. The van der Waals surface area contributed by atoms with E-state index in [-0.39, 0.29) is 63.8 Å². The van der Waals surface area contributed by atoms with E-state index >= 15 is 0 Å². The Morgan fingerprint density at radius 2 is 1.09 bits per heavy atom. The van der Waals surface area contributed by atoms with Crippen LogP contribution in [0.2, 0.25) is 10.3 Å². The average molecular weight is 674 g/mol. The Morgan fingerprint density at radius 3 is 1.44 bits per heavy atom. The van der Waals surface area contributed by atoms with Gasteiger partial charge in [0.15, 0.2) is 62.7 Å². The normalized spacial score (nSPS) is 10.4. The van der Waals surface area contributed by atoms with Gasteiger partial charge in [0.05, 0.1) is 18.6 Å². The smallest absolute Gasteiger partial charge is 0.322 e. The molecule has 0 saturated carbocycles. The molecule has 0 aromatic carbocycles. The van der Waals surface area contributed by atoms with E-state index in [0.29, 0.717) is 0 Å². The summed E-state index contributed by atoms with van der Waals surface area (Å²) in [6.45, 7) is 1.99. The maximum absolute atomic E-state index is 12.2. The third kappa shape index (κ3) is 12.3. The lowest BCUT2D eigenvalue weighted by atomic mass is 9.99. The highest BCUT2D eigenvalue weighted by Crippen LogP contribution is 2.22. The summed E-state index contributed by atoms with van der Waals surface area (Å²) in [7, 11) is 0. The third-order valence-electron chi connectivity index (χ3n) is 4.83. The first kappa shape index (κ1) is 37.4. The van der Waals surface area contributed by atoms with Gasteiger partial charge in [0.25, 0.3) is 0 Å². The number of carbonyl (C=O) groups is 5. The fourth-order valence-corrected chi connectivity index (χ4v) is 3.06. The van der Waals surface area contributed by atoms with Crippen LogP contribution < -0.4 is 50.4 Å². The summed E-state index contributed by atoms with van der Waals surface area (Å²) >= 11 is 11.6. The Kier molecular flexibility index (Phi) is 13.5. The van der Waals surface area contributed by atoms with Gasteiger partial charge in [-0.2, -0.15) is 9.98 Å². The molecule has 17 N–H and O–H groups in total. The Balaban J connectivity index is 0.000000472. The SMILES string of the molecule is CC(C)(NCC(=O)O)C(=O)CNc1nc(N)c(C(=O)N=C(N)N)nc1Cl.NC(N)=NC(=O)c1nc(Cl)c(NCC(=O)O)nc1N. The fourth-order valence-electron chi connectivity index (χ4n) is 2.68. The minimum Gasteiger partial charge on any atom is -0.480 e. The summed E-state index contributed by atoms with van der Waals surface area (Å²) in [5.74, 6) is -6.03. The molecule has 0 aliphatic heterocycles. The molecule has 2 rings (SSSR count). The van der Waals surface area contributed by atoms with Gasteiger partial charge in [0.1, 0.15) is 6.54 Å². The van der Waals surface area contributed by atoms with Crippen LogP contribution >= 0.6 is 23.2 Å². The number of carbonyl (C=O) groups excluding carboxylic acids is 3. The van der Waals surface area contributed by atoms with Crippen molar-refractivity contribution < 1.29 is 34.2 Å². The van der Waals surface area contributed by atoms with Gasteiger partial charge in [-0.1, -0.05) is 23.2 Å². The van der Waals surface area contributed by atoms with Crippen molar-refractivity contribution in [2.75, 3.05) is 41.7 Å². The summed E-state index contributed by atoms with van der Waals surface area (Å²) in [4.78, 5) is 77.9.